The summed E-state index contributed by atoms with van der Waals surface area (Å²) in [7, 11) is 0. The van der Waals surface area contributed by atoms with Gasteiger partial charge < -0.3 is 15.5 Å². The number of hydrogen-bond donors (Lipinski definition) is 3. The predicted molar refractivity (Wildman–Crippen MR) is 70.9 cm³/mol. The minimum Gasteiger partial charge on any atom is -0.394 e. The van der Waals surface area contributed by atoms with Crippen molar-refractivity contribution in [3.8, 4) is 0 Å². The van der Waals surface area contributed by atoms with Crippen LogP contribution in [0.5, 0.6) is 0 Å². The van der Waals surface area contributed by atoms with E-state index in [0.29, 0.717) is 15.6 Å². The van der Waals surface area contributed by atoms with Crippen LogP contribution in [-0.2, 0) is 11.2 Å². The Hall–Kier alpha value is -0.810. The summed E-state index contributed by atoms with van der Waals surface area (Å²) in [5.41, 5.74) is -0.442. The average Bonchev–Trinajstić information content (AvgIpc) is 2.34. The summed E-state index contributed by atoms with van der Waals surface area (Å²) in [4.78, 5) is 11.8. The van der Waals surface area contributed by atoms with Crippen LogP contribution >= 0.6 is 23.2 Å². The fourth-order valence-corrected chi connectivity index (χ4v) is 1.75. The summed E-state index contributed by atoms with van der Waals surface area (Å²) in [6, 6.07) is 5.04. The molecular formula is C12H15Cl2NO3. The zero-order valence-electron chi connectivity index (χ0n) is 9.91. The molecule has 4 nitrogen and oxygen atoms in total. The van der Waals surface area contributed by atoms with Crippen LogP contribution in [0.4, 0.5) is 0 Å². The fourth-order valence-electron chi connectivity index (χ4n) is 1.37. The number of aliphatic hydroxyl groups excluding tert-OH is 2. The van der Waals surface area contributed by atoms with Crippen molar-refractivity contribution >= 4 is 29.1 Å². The van der Waals surface area contributed by atoms with Crippen molar-refractivity contribution in [1.82, 2.24) is 5.32 Å². The molecule has 18 heavy (non-hydrogen) atoms. The number of amides is 1. The minimum absolute atomic E-state index is 0.0367. The summed E-state index contributed by atoms with van der Waals surface area (Å²) in [6.07, 6.45) is 0.0367. The van der Waals surface area contributed by atoms with Crippen molar-refractivity contribution in [3.63, 3.8) is 0 Å². The number of hydrogen-bond acceptors (Lipinski definition) is 3. The Kier molecular flexibility index (Phi) is 5.41. The SMILES string of the molecule is CC(CO)(CO)NC(=O)Cc1cccc(Cl)c1Cl. The van der Waals surface area contributed by atoms with Crippen molar-refractivity contribution in [2.45, 2.75) is 18.9 Å². The largest absolute Gasteiger partial charge is 0.394 e. The first kappa shape index (κ1) is 15.2. The maximum absolute atomic E-state index is 11.8. The molecular weight excluding hydrogens is 277 g/mol. The Balaban J connectivity index is 2.74. The van der Waals surface area contributed by atoms with E-state index < -0.39 is 5.54 Å². The maximum atomic E-state index is 11.8. The molecule has 3 N–H and O–H groups in total. The molecule has 0 radical (unpaired) electrons. The monoisotopic (exact) mass is 291 g/mol. The van der Waals surface area contributed by atoms with Gasteiger partial charge in [-0.3, -0.25) is 4.79 Å². The van der Waals surface area contributed by atoms with Gasteiger partial charge in [0.2, 0.25) is 5.91 Å². The van der Waals surface area contributed by atoms with Crippen LogP contribution in [0.15, 0.2) is 18.2 Å². The highest BCUT2D eigenvalue weighted by molar-refractivity contribution is 6.42. The highest BCUT2D eigenvalue weighted by atomic mass is 35.5. The van der Waals surface area contributed by atoms with E-state index >= 15 is 0 Å². The maximum Gasteiger partial charge on any atom is 0.225 e. The summed E-state index contributed by atoms with van der Waals surface area (Å²) < 4.78 is 0. The van der Waals surface area contributed by atoms with Gasteiger partial charge in [-0.25, -0.2) is 0 Å². The number of aliphatic hydroxyl groups is 2. The summed E-state index contributed by atoms with van der Waals surface area (Å²) in [5, 5.41) is 21.4. The summed E-state index contributed by atoms with van der Waals surface area (Å²) in [6.45, 7) is 0.849. The Morgan fingerprint density at radius 2 is 1.94 bits per heavy atom. The van der Waals surface area contributed by atoms with Crippen LogP contribution in [0.3, 0.4) is 0 Å². The van der Waals surface area contributed by atoms with Gasteiger partial charge in [-0.2, -0.15) is 0 Å². The predicted octanol–water partition coefficient (Wildman–Crippen LogP) is 1.40. The molecule has 0 heterocycles. The third kappa shape index (κ3) is 3.85. The molecule has 0 bridgehead atoms. The Bertz CT molecular complexity index is 433. The van der Waals surface area contributed by atoms with Crippen molar-refractivity contribution in [3.05, 3.63) is 33.8 Å². The van der Waals surface area contributed by atoms with Gasteiger partial charge in [0.05, 0.1) is 35.2 Å². The van der Waals surface area contributed by atoms with E-state index in [4.69, 9.17) is 33.4 Å². The van der Waals surface area contributed by atoms with Gasteiger partial charge >= 0.3 is 0 Å². The molecule has 1 amide bonds. The van der Waals surface area contributed by atoms with Crippen LogP contribution in [0, 0.1) is 0 Å². The molecule has 1 rings (SSSR count). The third-order valence-corrected chi connectivity index (χ3v) is 3.38. The molecule has 0 saturated heterocycles. The Labute approximate surface area is 116 Å². The first-order valence-electron chi connectivity index (χ1n) is 5.37. The molecule has 0 aliphatic carbocycles. The van der Waals surface area contributed by atoms with Gasteiger partial charge in [-0.15, -0.1) is 0 Å². The second kappa shape index (κ2) is 6.38. The van der Waals surface area contributed by atoms with Crippen molar-refractivity contribution in [1.29, 1.82) is 0 Å². The normalized spacial score (nSPS) is 11.4. The molecule has 0 fully saturated rings. The lowest BCUT2D eigenvalue weighted by atomic mass is 10.0. The summed E-state index contributed by atoms with van der Waals surface area (Å²) in [5.74, 6) is -0.343. The van der Waals surface area contributed by atoms with Crippen molar-refractivity contribution < 1.29 is 15.0 Å². The van der Waals surface area contributed by atoms with E-state index in [9.17, 15) is 4.79 Å². The lowest BCUT2D eigenvalue weighted by Crippen LogP contribution is -2.52. The second-order valence-corrected chi connectivity index (χ2v) is 5.10. The zero-order valence-corrected chi connectivity index (χ0v) is 11.4. The molecule has 0 saturated carbocycles. The van der Waals surface area contributed by atoms with E-state index in [1.807, 2.05) is 0 Å². The van der Waals surface area contributed by atoms with Crippen LogP contribution in [0.2, 0.25) is 10.0 Å². The highest BCUT2D eigenvalue weighted by Crippen LogP contribution is 2.25. The quantitative estimate of drug-likeness (QED) is 0.768. The van der Waals surface area contributed by atoms with Gasteiger partial charge in [0.1, 0.15) is 0 Å². The molecule has 0 unspecified atom stereocenters. The molecule has 0 aliphatic heterocycles. The fraction of sp³-hybridized carbons (Fsp3) is 0.417. The lowest BCUT2D eigenvalue weighted by Gasteiger charge is -2.26. The molecule has 0 aliphatic rings. The van der Waals surface area contributed by atoms with E-state index in [0.717, 1.165) is 0 Å². The first-order valence-corrected chi connectivity index (χ1v) is 6.13. The zero-order chi connectivity index (χ0) is 13.8. The average molecular weight is 292 g/mol. The molecule has 1 aromatic rings. The molecule has 0 aromatic heterocycles. The molecule has 0 spiro atoms. The molecule has 1 aromatic carbocycles. The number of rotatable bonds is 5. The van der Waals surface area contributed by atoms with E-state index in [-0.39, 0.29) is 25.5 Å². The van der Waals surface area contributed by atoms with E-state index in [1.54, 1.807) is 25.1 Å². The first-order chi connectivity index (χ1) is 8.41. The summed E-state index contributed by atoms with van der Waals surface area (Å²) >= 11 is 11.8. The Morgan fingerprint density at radius 3 is 2.50 bits per heavy atom. The van der Waals surface area contributed by atoms with Crippen LogP contribution in [-0.4, -0.2) is 34.9 Å². The molecule has 0 atom stereocenters. The van der Waals surface area contributed by atoms with Crippen molar-refractivity contribution in [2.75, 3.05) is 13.2 Å². The minimum atomic E-state index is -1.04. The van der Waals surface area contributed by atoms with Crippen molar-refractivity contribution in [2.24, 2.45) is 0 Å². The smallest absolute Gasteiger partial charge is 0.225 e. The lowest BCUT2D eigenvalue weighted by molar-refractivity contribution is -0.123. The van der Waals surface area contributed by atoms with Crippen LogP contribution in [0.1, 0.15) is 12.5 Å². The number of benzene rings is 1. The van der Waals surface area contributed by atoms with Crippen LogP contribution in [0.25, 0.3) is 0 Å². The third-order valence-electron chi connectivity index (χ3n) is 2.52. The standard InChI is InChI=1S/C12H15Cl2NO3/c1-12(6-16,7-17)15-10(18)5-8-3-2-4-9(13)11(8)14/h2-4,16-17H,5-7H2,1H3,(H,15,18). The second-order valence-electron chi connectivity index (χ2n) is 4.31. The molecule has 6 heteroatoms. The number of carbonyl (C=O) groups excluding carboxylic acids is 1. The van der Waals surface area contributed by atoms with Gasteiger partial charge in [0, 0.05) is 0 Å². The van der Waals surface area contributed by atoms with Gasteiger partial charge in [-0.1, -0.05) is 35.3 Å². The van der Waals surface area contributed by atoms with E-state index in [1.165, 1.54) is 0 Å². The van der Waals surface area contributed by atoms with E-state index in [2.05, 4.69) is 5.32 Å². The van der Waals surface area contributed by atoms with Crippen LogP contribution < -0.4 is 5.32 Å². The molecule has 100 valence electrons. The number of carbonyl (C=O) groups is 1. The van der Waals surface area contributed by atoms with Gasteiger partial charge in [0.25, 0.3) is 0 Å². The van der Waals surface area contributed by atoms with Gasteiger partial charge in [-0.05, 0) is 18.6 Å². The van der Waals surface area contributed by atoms with Gasteiger partial charge in [0.15, 0.2) is 0 Å². The highest BCUT2D eigenvalue weighted by Gasteiger charge is 2.24. The topological polar surface area (TPSA) is 69.6 Å². The number of halogens is 2. The number of nitrogens with one attached hydrogen (secondary N) is 1. The Morgan fingerprint density at radius 1 is 1.33 bits per heavy atom.